The van der Waals surface area contributed by atoms with E-state index in [-0.39, 0.29) is 17.4 Å². The lowest BCUT2D eigenvalue weighted by Crippen LogP contribution is -2.34. The molecule has 1 saturated carbocycles. The van der Waals surface area contributed by atoms with Crippen molar-refractivity contribution < 1.29 is 4.39 Å². The zero-order valence-corrected chi connectivity index (χ0v) is 18.0. The number of aromatic nitrogens is 5. The monoisotopic (exact) mass is 419 g/mol. The predicted molar refractivity (Wildman–Crippen MR) is 119 cm³/mol. The van der Waals surface area contributed by atoms with Crippen molar-refractivity contribution >= 4 is 16.7 Å². The molecule has 0 amide bonds. The molecule has 1 fully saturated rings. The fourth-order valence-electron chi connectivity index (χ4n) is 4.97. The molecule has 1 aliphatic carbocycles. The van der Waals surface area contributed by atoms with Gasteiger partial charge in [0.2, 0.25) is 0 Å². The summed E-state index contributed by atoms with van der Waals surface area (Å²) in [6, 6.07) is 8.40. The Bertz CT molecular complexity index is 1320. The molecule has 0 spiro atoms. The van der Waals surface area contributed by atoms with Crippen LogP contribution >= 0.6 is 0 Å². The van der Waals surface area contributed by atoms with Gasteiger partial charge in [0, 0.05) is 12.2 Å². The van der Waals surface area contributed by atoms with E-state index in [0.717, 1.165) is 29.7 Å². The molecule has 0 unspecified atom stereocenters. The minimum absolute atomic E-state index is 0.116. The highest BCUT2D eigenvalue weighted by Gasteiger charge is 2.29. The molecular formula is C24H26FN5O. The minimum atomic E-state index is -0.290. The number of hydrogen-bond acceptors (Lipinski definition) is 4. The van der Waals surface area contributed by atoms with Crippen LogP contribution in [0.5, 0.6) is 0 Å². The van der Waals surface area contributed by atoms with Crippen LogP contribution in [0.15, 0.2) is 41.3 Å². The maximum Gasteiger partial charge on any atom is 0.280 e. The van der Waals surface area contributed by atoms with Crippen LogP contribution in [-0.4, -0.2) is 24.4 Å². The topological polar surface area (TPSA) is 65.1 Å². The zero-order chi connectivity index (χ0) is 21.7. The Morgan fingerprint density at radius 3 is 2.61 bits per heavy atom. The largest absolute Gasteiger partial charge is 0.310 e. The van der Waals surface area contributed by atoms with Crippen LogP contribution in [0.4, 0.5) is 4.39 Å². The first-order valence-electron chi connectivity index (χ1n) is 11.0. The Labute approximate surface area is 179 Å². The number of pyridine rings is 1. The highest BCUT2D eigenvalue weighted by molar-refractivity contribution is 5.84. The van der Waals surface area contributed by atoms with Gasteiger partial charge in [-0.15, -0.1) is 10.2 Å². The molecule has 31 heavy (non-hydrogen) atoms. The predicted octanol–water partition coefficient (Wildman–Crippen LogP) is 4.80. The Morgan fingerprint density at radius 1 is 1.10 bits per heavy atom. The SMILES string of the molecule is CCc1nn2c(nnc3c(=O)n([C@H]4CCC[C@@H](C)[C@@H]4C)ccc32)c1-c1ccc(F)cc1. The molecule has 3 atom stereocenters. The summed E-state index contributed by atoms with van der Waals surface area (Å²) < 4.78 is 17.0. The average molecular weight is 420 g/mol. The third kappa shape index (κ3) is 3.14. The van der Waals surface area contributed by atoms with Crippen LogP contribution in [-0.2, 0) is 6.42 Å². The molecule has 1 aliphatic rings. The molecule has 0 bridgehead atoms. The van der Waals surface area contributed by atoms with Crippen LogP contribution in [0.3, 0.4) is 0 Å². The summed E-state index contributed by atoms with van der Waals surface area (Å²) in [6.07, 6.45) is 5.91. The fourth-order valence-corrected chi connectivity index (χ4v) is 4.97. The number of aryl methyl sites for hydroxylation is 1. The van der Waals surface area contributed by atoms with Gasteiger partial charge in [0.05, 0.1) is 11.3 Å². The smallest absolute Gasteiger partial charge is 0.280 e. The molecule has 4 aromatic rings. The third-order valence-corrected chi connectivity index (χ3v) is 6.97. The summed E-state index contributed by atoms with van der Waals surface area (Å²) in [5, 5.41) is 13.5. The molecular weight excluding hydrogens is 393 g/mol. The summed E-state index contributed by atoms with van der Waals surface area (Å²) in [4.78, 5) is 13.4. The number of fused-ring (bicyclic) bond motifs is 3. The van der Waals surface area contributed by atoms with Gasteiger partial charge in [-0.25, -0.2) is 8.91 Å². The molecule has 3 aromatic heterocycles. The Kier molecular flexibility index (Phi) is 4.84. The number of rotatable bonds is 3. The van der Waals surface area contributed by atoms with E-state index in [2.05, 4.69) is 24.0 Å². The molecule has 7 heteroatoms. The number of hydrogen-bond donors (Lipinski definition) is 0. The van der Waals surface area contributed by atoms with E-state index in [1.165, 1.54) is 18.6 Å². The highest BCUT2D eigenvalue weighted by atomic mass is 19.1. The van der Waals surface area contributed by atoms with Crippen LogP contribution in [0, 0.1) is 17.7 Å². The van der Waals surface area contributed by atoms with Gasteiger partial charge in [-0.2, -0.15) is 5.10 Å². The van der Waals surface area contributed by atoms with E-state index in [1.807, 2.05) is 23.8 Å². The summed E-state index contributed by atoms with van der Waals surface area (Å²) in [7, 11) is 0. The first kappa shape index (κ1) is 19.8. The molecule has 0 aliphatic heterocycles. The van der Waals surface area contributed by atoms with Gasteiger partial charge >= 0.3 is 0 Å². The second-order valence-corrected chi connectivity index (χ2v) is 8.71. The Balaban J connectivity index is 1.70. The zero-order valence-electron chi connectivity index (χ0n) is 18.0. The molecule has 1 aromatic carbocycles. The van der Waals surface area contributed by atoms with Gasteiger partial charge in [0.1, 0.15) is 11.3 Å². The lowest BCUT2D eigenvalue weighted by molar-refractivity contribution is 0.183. The van der Waals surface area contributed by atoms with Crippen LogP contribution < -0.4 is 5.56 Å². The standard InChI is InChI=1S/C24H26FN5O/c1-4-18-21(16-8-10-17(25)11-9-16)23-27-26-22-20(30(23)28-18)12-13-29(24(22)31)19-7-5-6-14(2)15(19)3/h8-15,19H,4-7H2,1-3H3/t14-,15+,19+/m1/s1. The lowest BCUT2D eigenvalue weighted by Gasteiger charge is -2.35. The highest BCUT2D eigenvalue weighted by Crippen LogP contribution is 2.37. The van der Waals surface area contributed by atoms with E-state index in [0.29, 0.717) is 34.9 Å². The van der Waals surface area contributed by atoms with E-state index >= 15 is 0 Å². The van der Waals surface area contributed by atoms with Gasteiger partial charge in [0.25, 0.3) is 5.56 Å². The Morgan fingerprint density at radius 2 is 1.87 bits per heavy atom. The van der Waals surface area contributed by atoms with Gasteiger partial charge in [-0.3, -0.25) is 4.79 Å². The van der Waals surface area contributed by atoms with Crippen molar-refractivity contribution in [2.45, 2.75) is 52.5 Å². The number of halogens is 1. The van der Waals surface area contributed by atoms with E-state index < -0.39 is 0 Å². The molecule has 5 rings (SSSR count). The van der Waals surface area contributed by atoms with E-state index in [9.17, 15) is 9.18 Å². The minimum Gasteiger partial charge on any atom is -0.310 e. The number of nitrogens with zero attached hydrogens (tertiary/aromatic N) is 5. The molecule has 0 N–H and O–H groups in total. The van der Waals surface area contributed by atoms with E-state index in [4.69, 9.17) is 5.10 Å². The van der Waals surface area contributed by atoms with Crippen molar-refractivity contribution in [3.8, 4) is 11.1 Å². The normalized spacial score (nSPS) is 21.7. The summed E-state index contributed by atoms with van der Waals surface area (Å²) in [6.45, 7) is 6.51. The summed E-state index contributed by atoms with van der Waals surface area (Å²) >= 11 is 0. The molecule has 160 valence electrons. The lowest BCUT2D eigenvalue weighted by atomic mass is 9.78. The van der Waals surface area contributed by atoms with Crippen LogP contribution in [0.1, 0.15) is 51.8 Å². The van der Waals surface area contributed by atoms with Crippen molar-refractivity contribution in [1.29, 1.82) is 0 Å². The van der Waals surface area contributed by atoms with E-state index in [1.54, 1.807) is 16.6 Å². The molecule has 0 radical (unpaired) electrons. The maximum atomic E-state index is 13.4. The van der Waals surface area contributed by atoms with Gasteiger partial charge in [-0.1, -0.05) is 45.7 Å². The van der Waals surface area contributed by atoms with Crippen molar-refractivity contribution in [3.05, 3.63) is 58.4 Å². The third-order valence-electron chi connectivity index (χ3n) is 6.97. The van der Waals surface area contributed by atoms with Crippen LogP contribution in [0.25, 0.3) is 27.8 Å². The maximum absolute atomic E-state index is 13.4. The molecule has 3 heterocycles. The molecule has 6 nitrogen and oxygen atoms in total. The van der Waals surface area contributed by atoms with Gasteiger partial charge < -0.3 is 4.57 Å². The average Bonchev–Trinajstić information content (AvgIpc) is 3.16. The van der Waals surface area contributed by atoms with Crippen molar-refractivity contribution in [2.75, 3.05) is 0 Å². The summed E-state index contributed by atoms with van der Waals surface area (Å²) in [5.74, 6) is 0.732. The quantitative estimate of drug-likeness (QED) is 0.478. The molecule has 0 saturated heterocycles. The first-order valence-corrected chi connectivity index (χ1v) is 11.0. The fraction of sp³-hybridized carbons (Fsp3) is 0.417. The second kappa shape index (κ2) is 7.55. The van der Waals surface area contributed by atoms with Crippen molar-refractivity contribution in [3.63, 3.8) is 0 Å². The van der Waals surface area contributed by atoms with Gasteiger partial charge in [0.15, 0.2) is 11.2 Å². The number of benzene rings is 1. The summed E-state index contributed by atoms with van der Waals surface area (Å²) in [5.41, 5.74) is 3.94. The second-order valence-electron chi connectivity index (χ2n) is 8.71. The van der Waals surface area contributed by atoms with Crippen molar-refractivity contribution in [2.24, 2.45) is 11.8 Å². The first-order chi connectivity index (χ1) is 15.0. The van der Waals surface area contributed by atoms with Crippen molar-refractivity contribution in [1.82, 2.24) is 24.4 Å². The Hall–Kier alpha value is -3.09. The van der Waals surface area contributed by atoms with Gasteiger partial charge in [-0.05, 0) is 48.4 Å². The van der Waals surface area contributed by atoms with Crippen LogP contribution in [0.2, 0.25) is 0 Å².